The number of anilines is 2. The second kappa shape index (κ2) is 9.58. The highest BCUT2D eigenvalue weighted by Gasteiger charge is 2.15. The molecule has 0 aliphatic rings. The van der Waals surface area contributed by atoms with Crippen LogP contribution in [0.15, 0.2) is 42.5 Å². The van der Waals surface area contributed by atoms with E-state index < -0.39 is 24.9 Å². The number of benzene rings is 2. The molecule has 0 atom stereocenters. The molecular weight excluding hydrogens is 384 g/mol. The summed E-state index contributed by atoms with van der Waals surface area (Å²) in [7, 11) is 0. The summed E-state index contributed by atoms with van der Waals surface area (Å²) in [5.41, 5.74) is 0.578. The molecule has 2 rings (SSSR count). The van der Waals surface area contributed by atoms with Crippen LogP contribution in [0.4, 0.5) is 28.9 Å². The predicted octanol–water partition coefficient (Wildman–Crippen LogP) is 4.14. The van der Waals surface area contributed by atoms with Crippen molar-refractivity contribution in [2.24, 2.45) is 0 Å². The first kappa shape index (κ1) is 21.0. The summed E-state index contributed by atoms with van der Waals surface area (Å²) in [5.74, 6) is -1.66. The quantitative estimate of drug-likeness (QED) is 0.489. The van der Waals surface area contributed by atoms with Crippen LogP contribution in [0.5, 0.6) is 11.5 Å². The van der Waals surface area contributed by atoms with E-state index in [0.29, 0.717) is 11.3 Å². The molecule has 6 nitrogen and oxygen atoms in total. The summed E-state index contributed by atoms with van der Waals surface area (Å²) in [4.78, 5) is 23.7. The number of rotatable bonds is 9. The third-order valence-corrected chi connectivity index (χ3v) is 3.41. The molecule has 0 saturated carbocycles. The predicted molar refractivity (Wildman–Crippen MR) is 93.3 cm³/mol. The molecule has 0 unspecified atom stereocenters. The maximum absolute atomic E-state index is 12.6. The van der Waals surface area contributed by atoms with E-state index in [2.05, 4.69) is 20.1 Å². The van der Waals surface area contributed by atoms with Gasteiger partial charge in [0.1, 0.15) is 5.75 Å². The van der Waals surface area contributed by atoms with Gasteiger partial charge in [-0.25, -0.2) is 0 Å². The van der Waals surface area contributed by atoms with Crippen LogP contribution in [0.2, 0.25) is 0 Å². The van der Waals surface area contributed by atoms with Gasteiger partial charge in [-0.15, -0.1) is 0 Å². The van der Waals surface area contributed by atoms with Crippen LogP contribution in [-0.2, 0) is 4.79 Å². The number of hydrogen-bond acceptors (Lipinski definition) is 5. The number of para-hydroxylation sites is 1. The minimum absolute atomic E-state index is 0.0306. The number of nitrogens with one attached hydrogen (secondary N) is 2. The lowest BCUT2D eigenvalue weighted by molar-refractivity contribution is -0.114. The molecule has 2 aromatic carbocycles. The van der Waals surface area contributed by atoms with Crippen LogP contribution < -0.4 is 20.1 Å². The SMILES string of the molecule is CC(=O)c1ccccc1NC(=O)CNc1ccc(OC(F)F)cc1OC(F)F. The zero-order valence-electron chi connectivity index (χ0n) is 14.5. The van der Waals surface area contributed by atoms with Gasteiger partial charge in [0, 0.05) is 11.6 Å². The minimum Gasteiger partial charge on any atom is -0.435 e. The number of Topliss-reactive ketones (excluding diaryl/α,β-unsaturated/α-hetero) is 1. The van der Waals surface area contributed by atoms with Crippen molar-refractivity contribution in [2.45, 2.75) is 20.1 Å². The highest BCUT2D eigenvalue weighted by Crippen LogP contribution is 2.31. The number of halogens is 4. The minimum atomic E-state index is -3.21. The number of alkyl halides is 4. The Bertz CT molecular complexity index is 846. The van der Waals surface area contributed by atoms with Crippen molar-refractivity contribution < 1.29 is 36.6 Å². The molecule has 0 fully saturated rings. The maximum Gasteiger partial charge on any atom is 0.387 e. The zero-order chi connectivity index (χ0) is 20.7. The lowest BCUT2D eigenvalue weighted by Crippen LogP contribution is -2.23. The molecule has 0 heterocycles. The second-order valence-electron chi connectivity index (χ2n) is 5.42. The van der Waals surface area contributed by atoms with E-state index in [0.717, 1.165) is 18.2 Å². The van der Waals surface area contributed by atoms with E-state index in [9.17, 15) is 27.2 Å². The third-order valence-electron chi connectivity index (χ3n) is 3.41. The largest absolute Gasteiger partial charge is 0.435 e. The Hall–Kier alpha value is -3.30. The Labute approximate surface area is 157 Å². The highest BCUT2D eigenvalue weighted by atomic mass is 19.3. The fourth-order valence-corrected chi connectivity index (χ4v) is 2.29. The van der Waals surface area contributed by atoms with Crippen molar-refractivity contribution in [3.8, 4) is 11.5 Å². The van der Waals surface area contributed by atoms with Crippen LogP contribution in [0.3, 0.4) is 0 Å². The van der Waals surface area contributed by atoms with E-state index >= 15 is 0 Å². The molecule has 2 N–H and O–H groups in total. The van der Waals surface area contributed by atoms with Gasteiger partial charge in [0.2, 0.25) is 5.91 Å². The van der Waals surface area contributed by atoms with Gasteiger partial charge in [0.05, 0.1) is 17.9 Å². The number of hydrogen-bond donors (Lipinski definition) is 2. The maximum atomic E-state index is 12.6. The van der Waals surface area contributed by atoms with Crippen molar-refractivity contribution in [3.63, 3.8) is 0 Å². The topological polar surface area (TPSA) is 76.7 Å². The summed E-state index contributed by atoms with van der Waals surface area (Å²) in [6.07, 6.45) is 0. The van der Waals surface area contributed by atoms with Gasteiger partial charge in [-0.1, -0.05) is 12.1 Å². The van der Waals surface area contributed by atoms with Gasteiger partial charge in [0.15, 0.2) is 11.5 Å². The Morgan fingerprint density at radius 1 is 0.964 bits per heavy atom. The number of carbonyl (C=O) groups is 2. The monoisotopic (exact) mass is 400 g/mol. The summed E-state index contributed by atoms with van der Waals surface area (Å²) in [5, 5.41) is 5.09. The van der Waals surface area contributed by atoms with E-state index in [4.69, 9.17) is 0 Å². The molecule has 0 aliphatic carbocycles. The lowest BCUT2D eigenvalue weighted by atomic mass is 10.1. The number of carbonyl (C=O) groups excluding carboxylic acids is 2. The van der Waals surface area contributed by atoms with Crippen molar-refractivity contribution in [2.75, 3.05) is 17.2 Å². The molecule has 10 heteroatoms. The average Bonchev–Trinajstić information content (AvgIpc) is 2.60. The van der Waals surface area contributed by atoms with Crippen LogP contribution in [-0.4, -0.2) is 31.5 Å². The fourth-order valence-electron chi connectivity index (χ4n) is 2.29. The van der Waals surface area contributed by atoms with Crippen molar-refractivity contribution in [3.05, 3.63) is 48.0 Å². The van der Waals surface area contributed by atoms with E-state index in [1.165, 1.54) is 13.0 Å². The molecule has 1 amide bonds. The summed E-state index contributed by atoms with van der Waals surface area (Å²) >= 11 is 0. The fraction of sp³-hybridized carbons (Fsp3) is 0.222. The Balaban J connectivity index is 2.08. The van der Waals surface area contributed by atoms with Crippen molar-refractivity contribution in [1.82, 2.24) is 0 Å². The van der Waals surface area contributed by atoms with Crippen LogP contribution in [0.25, 0.3) is 0 Å². The Morgan fingerprint density at radius 2 is 1.64 bits per heavy atom. The van der Waals surface area contributed by atoms with Gasteiger partial charge in [-0.2, -0.15) is 17.6 Å². The first-order chi connectivity index (χ1) is 13.3. The third kappa shape index (κ3) is 6.15. The van der Waals surface area contributed by atoms with Gasteiger partial charge in [-0.3, -0.25) is 9.59 Å². The van der Waals surface area contributed by atoms with E-state index in [1.54, 1.807) is 18.2 Å². The highest BCUT2D eigenvalue weighted by molar-refractivity contribution is 6.04. The van der Waals surface area contributed by atoms with E-state index in [-0.39, 0.29) is 23.8 Å². The molecule has 0 aliphatic heterocycles. The van der Waals surface area contributed by atoms with Crippen molar-refractivity contribution in [1.29, 1.82) is 0 Å². The number of amides is 1. The van der Waals surface area contributed by atoms with Gasteiger partial charge in [0.25, 0.3) is 0 Å². The van der Waals surface area contributed by atoms with Crippen molar-refractivity contribution >= 4 is 23.1 Å². The smallest absolute Gasteiger partial charge is 0.387 e. The molecule has 0 aromatic heterocycles. The second-order valence-corrected chi connectivity index (χ2v) is 5.42. The summed E-state index contributed by atoms with van der Waals surface area (Å²) in [6.45, 7) is -5.36. The molecule has 0 spiro atoms. The molecule has 0 bridgehead atoms. The normalized spacial score (nSPS) is 10.7. The molecule has 150 valence electrons. The van der Waals surface area contributed by atoms with Crippen LogP contribution in [0, 0.1) is 0 Å². The van der Waals surface area contributed by atoms with Crippen LogP contribution in [0.1, 0.15) is 17.3 Å². The molecule has 0 radical (unpaired) electrons. The van der Waals surface area contributed by atoms with Gasteiger partial charge in [-0.05, 0) is 31.2 Å². The summed E-state index contributed by atoms with van der Waals surface area (Å²) < 4.78 is 58.0. The zero-order valence-corrected chi connectivity index (χ0v) is 14.5. The first-order valence-corrected chi connectivity index (χ1v) is 7.93. The average molecular weight is 400 g/mol. The molecule has 0 saturated heterocycles. The standard InChI is InChI=1S/C18H16F4N2O4/c1-10(25)12-4-2-3-5-13(12)24-16(26)9-23-14-7-6-11(27-17(19)20)8-15(14)28-18(21)22/h2-8,17-18,23H,9H2,1H3,(H,24,26). The molecule has 2 aromatic rings. The van der Waals surface area contributed by atoms with Crippen LogP contribution >= 0.6 is 0 Å². The van der Waals surface area contributed by atoms with Gasteiger partial charge >= 0.3 is 13.2 Å². The Morgan fingerprint density at radius 3 is 2.29 bits per heavy atom. The Kier molecular flexibility index (Phi) is 7.19. The number of ketones is 1. The van der Waals surface area contributed by atoms with E-state index in [1.807, 2.05) is 0 Å². The lowest BCUT2D eigenvalue weighted by Gasteiger charge is -2.15. The number of ether oxygens (including phenoxy) is 2. The molecule has 28 heavy (non-hydrogen) atoms. The summed E-state index contributed by atoms with van der Waals surface area (Å²) in [6, 6.07) is 9.47. The molecular formula is C18H16F4N2O4. The van der Waals surface area contributed by atoms with Gasteiger partial charge < -0.3 is 20.1 Å². The first-order valence-electron chi connectivity index (χ1n) is 7.93.